The van der Waals surface area contributed by atoms with Gasteiger partial charge in [0, 0.05) is 12.8 Å². The second kappa shape index (κ2) is 8.04. The van der Waals surface area contributed by atoms with Crippen LogP contribution in [0.5, 0.6) is 5.75 Å². The van der Waals surface area contributed by atoms with E-state index in [-0.39, 0.29) is 5.91 Å². The van der Waals surface area contributed by atoms with Crippen LogP contribution >= 0.6 is 0 Å². The van der Waals surface area contributed by atoms with Crippen LogP contribution in [0, 0.1) is 20.8 Å². The minimum absolute atomic E-state index is 0.0346. The van der Waals surface area contributed by atoms with E-state index in [0.29, 0.717) is 31.9 Å². The summed E-state index contributed by atoms with van der Waals surface area (Å²) in [4.78, 5) is 16.4. The number of benzene rings is 2. The fraction of sp³-hybridized carbons (Fsp3) is 0.333. The van der Waals surface area contributed by atoms with Gasteiger partial charge in [-0.2, -0.15) is 0 Å². The average Bonchev–Trinajstić information content (AvgIpc) is 3.00. The van der Waals surface area contributed by atoms with Gasteiger partial charge in [-0.1, -0.05) is 23.8 Å². The lowest BCUT2D eigenvalue weighted by Crippen LogP contribution is -2.28. The monoisotopic (exact) mass is 352 g/mol. The van der Waals surface area contributed by atoms with Crippen LogP contribution in [0.3, 0.4) is 0 Å². The summed E-state index contributed by atoms with van der Waals surface area (Å²) >= 11 is 0. The maximum atomic E-state index is 12.0. The number of aromatic nitrogens is 1. The molecule has 136 valence electrons. The Balaban J connectivity index is 1.41. The molecule has 1 amide bonds. The highest BCUT2D eigenvalue weighted by Crippen LogP contribution is 2.19. The van der Waals surface area contributed by atoms with E-state index < -0.39 is 0 Å². The maximum absolute atomic E-state index is 12.0. The predicted molar refractivity (Wildman–Crippen MR) is 101 cm³/mol. The molecule has 0 atom stereocenters. The number of hydrogen-bond acceptors (Lipinski definition) is 4. The molecule has 26 heavy (non-hydrogen) atoms. The van der Waals surface area contributed by atoms with Gasteiger partial charge in [0.25, 0.3) is 0 Å². The normalized spacial score (nSPS) is 10.9. The first-order chi connectivity index (χ1) is 12.5. The third-order valence-corrected chi connectivity index (χ3v) is 4.17. The number of carbonyl (C=O) groups is 1. The van der Waals surface area contributed by atoms with E-state index in [1.165, 1.54) is 5.56 Å². The molecule has 0 saturated heterocycles. The van der Waals surface area contributed by atoms with Crippen molar-refractivity contribution in [2.75, 3.05) is 13.2 Å². The molecular weight excluding hydrogens is 328 g/mol. The Morgan fingerprint density at radius 3 is 2.69 bits per heavy atom. The number of amides is 1. The van der Waals surface area contributed by atoms with Crippen molar-refractivity contribution in [2.24, 2.45) is 0 Å². The number of ether oxygens (including phenoxy) is 1. The Kier molecular flexibility index (Phi) is 5.56. The van der Waals surface area contributed by atoms with Gasteiger partial charge < -0.3 is 14.5 Å². The quantitative estimate of drug-likeness (QED) is 0.656. The summed E-state index contributed by atoms with van der Waals surface area (Å²) in [5, 5.41) is 2.86. The molecule has 5 heteroatoms. The van der Waals surface area contributed by atoms with Crippen LogP contribution in [-0.4, -0.2) is 24.0 Å². The number of rotatable bonds is 7. The molecular formula is C21H24N2O3. The second-order valence-corrected chi connectivity index (χ2v) is 6.55. The van der Waals surface area contributed by atoms with E-state index in [9.17, 15) is 4.79 Å². The van der Waals surface area contributed by atoms with Gasteiger partial charge in [0.05, 0.1) is 6.54 Å². The highest BCUT2D eigenvalue weighted by Gasteiger charge is 2.09. The highest BCUT2D eigenvalue weighted by molar-refractivity contribution is 5.76. The van der Waals surface area contributed by atoms with E-state index in [2.05, 4.69) is 23.3 Å². The van der Waals surface area contributed by atoms with Crippen molar-refractivity contribution in [3.05, 3.63) is 59.0 Å². The molecule has 0 spiro atoms. The molecule has 0 aliphatic carbocycles. The number of carbonyl (C=O) groups excluding carboxylic acids is 1. The minimum Gasteiger partial charge on any atom is -0.491 e. The third-order valence-electron chi connectivity index (χ3n) is 4.17. The van der Waals surface area contributed by atoms with Crippen molar-refractivity contribution in [2.45, 2.75) is 33.6 Å². The molecule has 0 unspecified atom stereocenters. The van der Waals surface area contributed by atoms with E-state index in [0.717, 1.165) is 28.0 Å². The van der Waals surface area contributed by atoms with Crippen LogP contribution in [-0.2, 0) is 11.2 Å². The predicted octanol–water partition coefficient (Wildman–Crippen LogP) is 3.88. The van der Waals surface area contributed by atoms with Gasteiger partial charge in [-0.15, -0.1) is 0 Å². The molecule has 3 aromatic rings. The summed E-state index contributed by atoms with van der Waals surface area (Å²) in [6.45, 7) is 7.00. The topological polar surface area (TPSA) is 64.4 Å². The van der Waals surface area contributed by atoms with Crippen molar-refractivity contribution in [1.82, 2.24) is 10.3 Å². The standard InChI is InChI=1S/C21H24N2O3/c1-14-4-6-18(16(3)12-14)25-11-10-22-20(24)8-9-21-23-17-13-15(2)5-7-19(17)26-21/h4-7,12-13H,8-11H2,1-3H3,(H,22,24). The van der Waals surface area contributed by atoms with Gasteiger partial charge in [0.2, 0.25) is 5.91 Å². The number of nitrogens with one attached hydrogen (secondary N) is 1. The molecule has 2 aromatic carbocycles. The van der Waals surface area contributed by atoms with Gasteiger partial charge in [0.1, 0.15) is 17.9 Å². The van der Waals surface area contributed by atoms with E-state index in [1.807, 2.05) is 44.2 Å². The van der Waals surface area contributed by atoms with Crippen LogP contribution in [0.2, 0.25) is 0 Å². The summed E-state index contributed by atoms with van der Waals surface area (Å²) in [5.41, 5.74) is 5.04. The first kappa shape index (κ1) is 18.0. The number of nitrogens with zero attached hydrogens (tertiary/aromatic N) is 1. The lowest BCUT2D eigenvalue weighted by molar-refractivity contribution is -0.121. The van der Waals surface area contributed by atoms with Crippen LogP contribution in [0.15, 0.2) is 40.8 Å². The SMILES string of the molecule is Cc1ccc(OCCNC(=O)CCc2nc3cc(C)ccc3o2)c(C)c1. The second-order valence-electron chi connectivity index (χ2n) is 6.55. The molecule has 0 aliphatic heterocycles. The van der Waals surface area contributed by atoms with Gasteiger partial charge in [-0.25, -0.2) is 4.98 Å². The molecule has 1 N–H and O–H groups in total. The van der Waals surface area contributed by atoms with Gasteiger partial charge in [-0.3, -0.25) is 4.79 Å². The summed E-state index contributed by atoms with van der Waals surface area (Å²) in [7, 11) is 0. The van der Waals surface area contributed by atoms with E-state index in [1.54, 1.807) is 0 Å². The zero-order valence-corrected chi connectivity index (χ0v) is 15.5. The average molecular weight is 352 g/mol. The van der Waals surface area contributed by atoms with Crippen molar-refractivity contribution in [3.63, 3.8) is 0 Å². The largest absolute Gasteiger partial charge is 0.491 e. The zero-order valence-electron chi connectivity index (χ0n) is 15.5. The summed E-state index contributed by atoms with van der Waals surface area (Å²) in [5.74, 6) is 1.41. The van der Waals surface area contributed by atoms with Crippen molar-refractivity contribution >= 4 is 17.0 Å². The molecule has 1 heterocycles. The van der Waals surface area contributed by atoms with Gasteiger partial charge in [0.15, 0.2) is 11.5 Å². The molecule has 1 aromatic heterocycles. The zero-order chi connectivity index (χ0) is 18.5. The van der Waals surface area contributed by atoms with Crippen LogP contribution < -0.4 is 10.1 Å². The molecule has 0 saturated carbocycles. The molecule has 0 aliphatic rings. The lowest BCUT2D eigenvalue weighted by atomic mass is 10.1. The molecule has 0 bridgehead atoms. The van der Waals surface area contributed by atoms with Crippen molar-refractivity contribution < 1.29 is 13.9 Å². The van der Waals surface area contributed by atoms with Crippen molar-refractivity contribution in [1.29, 1.82) is 0 Å². The molecule has 0 fully saturated rings. The van der Waals surface area contributed by atoms with Crippen LogP contribution in [0.4, 0.5) is 0 Å². The van der Waals surface area contributed by atoms with Crippen LogP contribution in [0.25, 0.3) is 11.1 Å². The van der Waals surface area contributed by atoms with Crippen molar-refractivity contribution in [3.8, 4) is 5.75 Å². The van der Waals surface area contributed by atoms with E-state index in [4.69, 9.17) is 9.15 Å². The smallest absolute Gasteiger partial charge is 0.220 e. The fourth-order valence-electron chi connectivity index (χ4n) is 2.81. The number of fused-ring (bicyclic) bond motifs is 1. The molecule has 3 rings (SSSR count). The van der Waals surface area contributed by atoms with Crippen LogP contribution in [0.1, 0.15) is 29.0 Å². The summed E-state index contributed by atoms with van der Waals surface area (Å²) in [6.07, 6.45) is 0.826. The van der Waals surface area contributed by atoms with Gasteiger partial charge in [-0.05, 0) is 50.1 Å². The number of hydrogen-bond donors (Lipinski definition) is 1. The third kappa shape index (κ3) is 4.63. The first-order valence-corrected chi connectivity index (χ1v) is 8.84. The Bertz CT molecular complexity index is 915. The number of aryl methyl sites for hydroxylation is 4. The molecule has 5 nitrogen and oxygen atoms in total. The summed E-state index contributed by atoms with van der Waals surface area (Å²) < 4.78 is 11.4. The Labute approximate surface area is 153 Å². The van der Waals surface area contributed by atoms with Gasteiger partial charge >= 0.3 is 0 Å². The first-order valence-electron chi connectivity index (χ1n) is 8.84. The fourth-order valence-corrected chi connectivity index (χ4v) is 2.81. The van der Waals surface area contributed by atoms with E-state index >= 15 is 0 Å². The maximum Gasteiger partial charge on any atom is 0.220 e. The lowest BCUT2D eigenvalue weighted by Gasteiger charge is -2.10. The molecule has 0 radical (unpaired) electrons. The Morgan fingerprint density at radius 2 is 1.88 bits per heavy atom. The Morgan fingerprint density at radius 1 is 1.12 bits per heavy atom. The minimum atomic E-state index is -0.0346. The number of oxazole rings is 1. The summed E-state index contributed by atoms with van der Waals surface area (Å²) in [6, 6.07) is 11.9. The Hall–Kier alpha value is -2.82. The highest BCUT2D eigenvalue weighted by atomic mass is 16.5.